The smallest absolute Gasteiger partial charge is 0.337 e. The molecule has 0 fully saturated rings. The molecule has 0 aromatic heterocycles. The summed E-state index contributed by atoms with van der Waals surface area (Å²) in [5, 5.41) is 0. The van der Waals surface area contributed by atoms with Crippen molar-refractivity contribution in [3.8, 4) is 0 Å². The lowest BCUT2D eigenvalue weighted by atomic mass is 10.5. The van der Waals surface area contributed by atoms with E-state index in [4.69, 9.17) is 4.74 Å². The molecule has 0 N–H and O–H groups in total. The molecule has 0 saturated heterocycles. The Bertz CT molecular complexity index is 106. The summed E-state index contributed by atoms with van der Waals surface area (Å²) in [5.41, 5.74) is 0. The Morgan fingerprint density at radius 1 is 1.45 bits per heavy atom. The summed E-state index contributed by atoms with van der Waals surface area (Å²) in [6.07, 6.45) is 0.625. The molecular weight excluding hydrogens is 151 g/mol. The van der Waals surface area contributed by atoms with Gasteiger partial charge in [0.05, 0.1) is 6.61 Å². The Morgan fingerprint density at radius 3 is 2.73 bits per heavy atom. The van der Waals surface area contributed by atoms with E-state index in [9.17, 15) is 9.18 Å². The van der Waals surface area contributed by atoms with E-state index in [-0.39, 0.29) is 6.61 Å². The first-order valence-electron chi connectivity index (χ1n) is 3.60. The van der Waals surface area contributed by atoms with Gasteiger partial charge in [0.25, 0.3) is 0 Å². The van der Waals surface area contributed by atoms with Crippen LogP contribution in [0.15, 0.2) is 0 Å². The van der Waals surface area contributed by atoms with Gasteiger partial charge in [-0.2, -0.15) is 0 Å². The van der Waals surface area contributed by atoms with E-state index in [2.05, 4.69) is 4.74 Å². The molecule has 0 aromatic rings. The van der Waals surface area contributed by atoms with Gasteiger partial charge in [-0.25, -0.2) is 9.18 Å². The number of carbonyl (C=O) groups is 1. The quantitative estimate of drug-likeness (QED) is 0.432. The minimum Gasteiger partial charge on any atom is -0.464 e. The van der Waals surface area contributed by atoms with Crippen LogP contribution in [0.2, 0.25) is 0 Å². The van der Waals surface area contributed by atoms with Gasteiger partial charge in [0.2, 0.25) is 0 Å². The molecule has 0 aliphatic carbocycles. The van der Waals surface area contributed by atoms with Crippen LogP contribution >= 0.6 is 0 Å². The predicted octanol–water partition coefficient (Wildman–Crippen LogP) is 0.926. The van der Waals surface area contributed by atoms with Crippen LogP contribution in [0.25, 0.3) is 0 Å². The van der Waals surface area contributed by atoms with Crippen LogP contribution in [-0.4, -0.2) is 32.5 Å². The third kappa shape index (κ3) is 7.25. The fraction of sp³-hybridized carbons (Fsp3) is 0.857. The zero-order chi connectivity index (χ0) is 8.53. The molecule has 0 aromatic carbocycles. The first kappa shape index (κ1) is 10.4. The number of esters is 1. The number of halogens is 1. The van der Waals surface area contributed by atoms with Gasteiger partial charge in [-0.05, 0) is 6.92 Å². The number of rotatable bonds is 6. The van der Waals surface area contributed by atoms with Crippen LogP contribution in [-0.2, 0) is 14.3 Å². The number of ether oxygens (including phenoxy) is 2. The summed E-state index contributed by atoms with van der Waals surface area (Å²) in [7, 11) is 0. The zero-order valence-electron chi connectivity index (χ0n) is 6.64. The van der Waals surface area contributed by atoms with Gasteiger partial charge in [0.1, 0.15) is 0 Å². The fourth-order valence-corrected chi connectivity index (χ4v) is 0.530. The fourth-order valence-electron chi connectivity index (χ4n) is 0.530. The van der Waals surface area contributed by atoms with Crippen LogP contribution in [0, 0.1) is 0 Å². The second kappa shape index (κ2) is 7.47. The van der Waals surface area contributed by atoms with Gasteiger partial charge in [0, 0.05) is 19.6 Å². The molecule has 0 radical (unpaired) electrons. The molecule has 4 heteroatoms. The van der Waals surface area contributed by atoms with Gasteiger partial charge in [0.15, 0.2) is 6.67 Å². The molecule has 0 saturated carbocycles. The van der Waals surface area contributed by atoms with E-state index >= 15 is 0 Å². The molecule has 0 rings (SSSR count). The van der Waals surface area contributed by atoms with Gasteiger partial charge in [-0.15, -0.1) is 0 Å². The standard InChI is InChI=1S/C7H13FO3/c1-2-10-4-3-5-11-7(9)6-8/h2-6H2,1H3. The molecule has 66 valence electrons. The van der Waals surface area contributed by atoms with Crippen molar-refractivity contribution in [2.24, 2.45) is 0 Å². The van der Waals surface area contributed by atoms with Crippen LogP contribution < -0.4 is 0 Å². The largest absolute Gasteiger partial charge is 0.464 e. The van der Waals surface area contributed by atoms with Crippen molar-refractivity contribution >= 4 is 5.97 Å². The van der Waals surface area contributed by atoms with Crippen LogP contribution in [0.3, 0.4) is 0 Å². The Labute approximate surface area is 65.5 Å². The topological polar surface area (TPSA) is 35.5 Å². The monoisotopic (exact) mass is 164 g/mol. The summed E-state index contributed by atoms with van der Waals surface area (Å²) >= 11 is 0. The highest BCUT2D eigenvalue weighted by molar-refractivity contribution is 5.70. The lowest BCUT2D eigenvalue weighted by molar-refractivity contribution is -0.145. The predicted molar refractivity (Wildman–Crippen MR) is 38.0 cm³/mol. The van der Waals surface area contributed by atoms with Crippen molar-refractivity contribution in [2.75, 3.05) is 26.5 Å². The first-order chi connectivity index (χ1) is 5.31. The van der Waals surface area contributed by atoms with E-state index < -0.39 is 12.6 Å². The summed E-state index contributed by atoms with van der Waals surface area (Å²) in [5.74, 6) is -0.804. The molecule has 3 nitrogen and oxygen atoms in total. The van der Waals surface area contributed by atoms with E-state index in [1.54, 1.807) is 0 Å². The van der Waals surface area contributed by atoms with Crippen LogP contribution in [0.5, 0.6) is 0 Å². The molecule has 0 aliphatic rings. The molecule has 0 amide bonds. The summed E-state index contributed by atoms with van der Waals surface area (Å²) in [4.78, 5) is 10.2. The maximum atomic E-state index is 11.5. The molecule has 0 unspecified atom stereocenters. The maximum Gasteiger partial charge on any atom is 0.337 e. The molecule has 0 atom stereocenters. The van der Waals surface area contributed by atoms with E-state index in [0.717, 1.165) is 0 Å². The van der Waals surface area contributed by atoms with Gasteiger partial charge in [-0.3, -0.25) is 0 Å². The van der Waals surface area contributed by atoms with Crippen molar-refractivity contribution < 1.29 is 18.7 Å². The lowest BCUT2D eigenvalue weighted by Crippen LogP contribution is -2.09. The highest BCUT2D eigenvalue weighted by Gasteiger charge is 1.98. The Hall–Kier alpha value is -0.640. The highest BCUT2D eigenvalue weighted by Crippen LogP contribution is 1.86. The van der Waals surface area contributed by atoms with Crippen molar-refractivity contribution in [1.29, 1.82) is 0 Å². The normalized spacial score (nSPS) is 9.64. The number of hydrogen-bond acceptors (Lipinski definition) is 3. The first-order valence-corrected chi connectivity index (χ1v) is 3.60. The van der Waals surface area contributed by atoms with Gasteiger partial charge < -0.3 is 9.47 Å². The molecule has 0 aliphatic heterocycles. The minimum atomic E-state index is -1.05. The minimum absolute atomic E-state index is 0.239. The third-order valence-corrected chi connectivity index (χ3v) is 1.01. The molecule has 0 heterocycles. The van der Waals surface area contributed by atoms with Crippen LogP contribution in [0.4, 0.5) is 4.39 Å². The number of carbonyl (C=O) groups excluding carboxylic acids is 1. The summed E-state index contributed by atoms with van der Waals surface area (Å²) in [6.45, 7) is 2.28. The number of alkyl halides is 1. The average molecular weight is 164 g/mol. The highest BCUT2D eigenvalue weighted by atomic mass is 19.1. The second-order valence-electron chi connectivity index (χ2n) is 1.90. The Kier molecular flexibility index (Phi) is 7.03. The summed E-state index contributed by atoms with van der Waals surface area (Å²) < 4.78 is 20.9. The maximum absolute atomic E-state index is 11.5. The van der Waals surface area contributed by atoms with Crippen molar-refractivity contribution in [1.82, 2.24) is 0 Å². The van der Waals surface area contributed by atoms with Crippen LogP contribution in [0.1, 0.15) is 13.3 Å². The SMILES string of the molecule is CCOCCCOC(=O)CF. The van der Waals surface area contributed by atoms with Crippen molar-refractivity contribution in [3.05, 3.63) is 0 Å². The van der Waals surface area contributed by atoms with Gasteiger partial charge in [-0.1, -0.05) is 0 Å². The van der Waals surface area contributed by atoms with Crippen molar-refractivity contribution in [3.63, 3.8) is 0 Å². The van der Waals surface area contributed by atoms with E-state index in [1.807, 2.05) is 6.92 Å². The summed E-state index contributed by atoms with van der Waals surface area (Å²) in [6, 6.07) is 0. The Morgan fingerprint density at radius 2 is 2.18 bits per heavy atom. The third-order valence-electron chi connectivity index (χ3n) is 1.01. The van der Waals surface area contributed by atoms with Gasteiger partial charge >= 0.3 is 5.97 Å². The number of hydrogen-bond donors (Lipinski definition) is 0. The average Bonchev–Trinajstić information content (AvgIpc) is 2.04. The molecule has 11 heavy (non-hydrogen) atoms. The van der Waals surface area contributed by atoms with Crippen molar-refractivity contribution in [2.45, 2.75) is 13.3 Å². The van der Waals surface area contributed by atoms with E-state index in [0.29, 0.717) is 19.6 Å². The molecule has 0 bridgehead atoms. The van der Waals surface area contributed by atoms with E-state index in [1.165, 1.54) is 0 Å². The molecular formula is C7H13FO3. The Balaban J connectivity index is 2.95. The second-order valence-corrected chi connectivity index (χ2v) is 1.90. The molecule has 0 spiro atoms. The lowest BCUT2D eigenvalue weighted by Gasteiger charge is -2.01. The zero-order valence-corrected chi connectivity index (χ0v) is 6.64.